The SMILES string of the molecule is COc1ccccc1-c1n[nH]c(=S)n1NCc1cc(Br)ccc1OCc1cccc(C)c1. The van der Waals surface area contributed by atoms with E-state index in [1.807, 2.05) is 48.5 Å². The molecular weight excluding hydrogens is 488 g/mol. The van der Waals surface area contributed by atoms with Crippen LogP contribution in [0.3, 0.4) is 0 Å². The first-order valence-corrected chi connectivity index (χ1v) is 11.3. The number of H-pyrrole nitrogens is 1. The van der Waals surface area contributed by atoms with E-state index in [2.05, 4.69) is 56.7 Å². The van der Waals surface area contributed by atoms with Gasteiger partial charge in [0.2, 0.25) is 4.77 Å². The van der Waals surface area contributed by atoms with Crippen molar-refractivity contribution < 1.29 is 9.47 Å². The molecule has 0 bridgehead atoms. The number of benzene rings is 3. The van der Waals surface area contributed by atoms with Gasteiger partial charge in [0.05, 0.1) is 19.2 Å². The Bertz CT molecular complexity index is 1280. The van der Waals surface area contributed by atoms with Crippen LogP contribution in [-0.4, -0.2) is 22.0 Å². The van der Waals surface area contributed by atoms with Gasteiger partial charge in [-0.3, -0.25) is 0 Å². The molecule has 0 spiro atoms. The predicted molar refractivity (Wildman–Crippen MR) is 132 cm³/mol. The standard InChI is InChI=1S/C24H23BrN4O2S/c1-16-6-5-7-17(12-16)15-31-21-11-10-19(25)13-18(21)14-26-29-23(27-28-24(29)32)20-8-3-4-9-22(20)30-2/h3-13,26H,14-15H2,1-2H3,(H,28,32). The molecule has 0 aliphatic carbocycles. The van der Waals surface area contributed by atoms with Crippen molar-refractivity contribution in [2.45, 2.75) is 20.1 Å². The van der Waals surface area contributed by atoms with Crippen molar-refractivity contribution in [3.8, 4) is 22.9 Å². The van der Waals surface area contributed by atoms with E-state index < -0.39 is 0 Å². The van der Waals surface area contributed by atoms with Gasteiger partial charge in [0.25, 0.3) is 0 Å². The van der Waals surface area contributed by atoms with E-state index >= 15 is 0 Å². The highest BCUT2D eigenvalue weighted by molar-refractivity contribution is 9.10. The van der Waals surface area contributed by atoms with E-state index in [1.54, 1.807) is 11.8 Å². The molecule has 8 heteroatoms. The van der Waals surface area contributed by atoms with E-state index in [0.717, 1.165) is 26.9 Å². The average molecular weight is 511 g/mol. The molecule has 0 unspecified atom stereocenters. The Morgan fingerprint density at radius 3 is 2.72 bits per heavy atom. The van der Waals surface area contributed by atoms with Crippen LogP contribution in [0.1, 0.15) is 16.7 Å². The maximum atomic E-state index is 6.15. The zero-order chi connectivity index (χ0) is 22.5. The molecule has 0 fully saturated rings. The van der Waals surface area contributed by atoms with Gasteiger partial charge in [-0.15, -0.1) is 0 Å². The van der Waals surface area contributed by atoms with E-state index in [9.17, 15) is 0 Å². The highest BCUT2D eigenvalue weighted by atomic mass is 79.9. The number of hydrogen-bond donors (Lipinski definition) is 2. The van der Waals surface area contributed by atoms with Gasteiger partial charge in [-0.25, -0.2) is 9.77 Å². The monoisotopic (exact) mass is 510 g/mol. The van der Waals surface area contributed by atoms with E-state index in [0.29, 0.717) is 29.5 Å². The molecule has 6 nitrogen and oxygen atoms in total. The summed E-state index contributed by atoms with van der Waals surface area (Å²) in [7, 11) is 1.64. The number of ether oxygens (including phenoxy) is 2. The Hall–Kier alpha value is -3.10. The van der Waals surface area contributed by atoms with Crippen molar-refractivity contribution in [2.75, 3.05) is 12.5 Å². The quantitative estimate of drug-likeness (QED) is 0.284. The van der Waals surface area contributed by atoms with Crippen LogP contribution in [0.5, 0.6) is 11.5 Å². The lowest BCUT2D eigenvalue weighted by atomic mass is 10.1. The van der Waals surface area contributed by atoms with Gasteiger partial charge in [-0.05, 0) is 55.0 Å². The molecule has 3 aromatic carbocycles. The highest BCUT2D eigenvalue weighted by Crippen LogP contribution is 2.28. The molecule has 0 radical (unpaired) electrons. The molecule has 32 heavy (non-hydrogen) atoms. The van der Waals surface area contributed by atoms with Crippen molar-refractivity contribution in [1.29, 1.82) is 0 Å². The lowest BCUT2D eigenvalue weighted by molar-refractivity contribution is 0.303. The molecule has 1 aromatic heterocycles. The fourth-order valence-corrected chi connectivity index (χ4v) is 4.01. The second kappa shape index (κ2) is 10.0. The summed E-state index contributed by atoms with van der Waals surface area (Å²) in [5.41, 5.74) is 7.52. The maximum absolute atomic E-state index is 6.15. The topological polar surface area (TPSA) is 64.1 Å². The molecule has 1 heterocycles. The van der Waals surface area contributed by atoms with Gasteiger partial charge in [-0.2, -0.15) is 5.10 Å². The smallest absolute Gasteiger partial charge is 0.214 e. The first kappa shape index (κ1) is 22.1. The number of aromatic amines is 1. The largest absolute Gasteiger partial charge is 0.496 e. The summed E-state index contributed by atoms with van der Waals surface area (Å²) in [5, 5.41) is 7.25. The minimum absolute atomic E-state index is 0.461. The number of para-hydroxylation sites is 1. The van der Waals surface area contributed by atoms with Crippen molar-refractivity contribution >= 4 is 28.1 Å². The number of halogens is 1. The fraction of sp³-hybridized carbons (Fsp3) is 0.167. The van der Waals surface area contributed by atoms with Gasteiger partial charge in [0.15, 0.2) is 5.82 Å². The number of methoxy groups -OCH3 is 1. The number of hydrogen-bond acceptors (Lipinski definition) is 5. The van der Waals surface area contributed by atoms with Crippen LogP contribution < -0.4 is 14.9 Å². The first-order valence-electron chi connectivity index (χ1n) is 10.1. The van der Waals surface area contributed by atoms with Crippen LogP contribution >= 0.6 is 28.1 Å². The van der Waals surface area contributed by atoms with Crippen molar-refractivity contribution in [3.63, 3.8) is 0 Å². The summed E-state index contributed by atoms with van der Waals surface area (Å²) < 4.78 is 14.8. The summed E-state index contributed by atoms with van der Waals surface area (Å²) in [6, 6.07) is 22.0. The minimum atomic E-state index is 0.461. The van der Waals surface area contributed by atoms with Crippen molar-refractivity contribution in [2.24, 2.45) is 0 Å². The molecule has 0 saturated carbocycles. The van der Waals surface area contributed by atoms with Crippen LogP contribution in [0.2, 0.25) is 0 Å². The molecule has 164 valence electrons. The Labute approximate surface area is 200 Å². The third-order valence-corrected chi connectivity index (χ3v) is 5.71. The molecule has 4 rings (SSSR count). The normalized spacial score (nSPS) is 10.7. The zero-order valence-corrected chi connectivity index (χ0v) is 20.2. The zero-order valence-electron chi connectivity index (χ0n) is 17.8. The van der Waals surface area contributed by atoms with Gasteiger partial charge >= 0.3 is 0 Å². The van der Waals surface area contributed by atoms with Crippen LogP contribution in [0, 0.1) is 11.7 Å². The number of nitrogens with zero attached hydrogens (tertiary/aromatic N) is 2. The molecule has 4 aromatic rings. The molecule has 0 amide bonds. The summed E-state index contributed by atoms with van der Waals surface area (Å²) >= 11 is 9.01. The Kier molecular flexibility index (Phi) is 6.92. The van der Waals surface area contributed by atoms with E-state index in [4.69, 9.17) is 21.7 Å². The Balaban J connectivity index is 1.56. The Morgan fingerprint density at radius 1 is 1.06 bits per heavy atom. The lowest BCUT2D eigenvalue weighted by Crippen LogP contribution is -2.16. The predicted octanol–water partition coefficient (Wildman–Crippen LogP) is 6.01. The molecule has 0 aliphatic heterocycles. The molecule has 0 aliphatic rings. The fourth-order valence-electron chi connectivity index (χ4n) is 3.41. The van der Waals surface area contributed by atoms with Crippen LogP contribution in [0.25, 0.3) is 11.4 Å². The Morgan fingerprint density at radius 2 is 1.91 bits per heavy atom. The van der Waals surface area contributed by atoms with Gasteiger partial charge in [-0.1, -0.05) is 57.9 Å². The van der Waals surface area contributed by atoms with Crippen LogP contribution in [-0.2, 0) is 13.2 Å². The third kappa shape index (κ3) is 5.03. The van der Waals surface area contributed by atoms with Crippen LogP contribution in [0.15, 0.2) is 71.2 Å². The van der Waals surface area contributed by atoms with Crippen LogP contribution in [0.4, 0.5) is 0 Å². The highest BCUT2D eigenvalue weighted by Gasteiger charge is 2.14. The van der Waals surface area contributed by atoms with Gasteiger partial charge < -0.3 is 14.9 Å². The van der Waals surface area contributed by atoms with E-state index in [1.165, 1.54) is 5.56 Å². The van der Waals surface area contributed by atoms with Crippen molar-refractivity contribution in [3.05, 3.63) is 92.7 Å². The summed E-state index contributed by atoms with van der Waals surface area (Å²) in [6.07, 6.45) is 0. The van der Waals surface area contributed by atoms with Gasteiger partial charge in [0.1, 0.15) is 18.1 Å². The molecular formula is C24H23BrN4O2S. The first-order chi connectivity index (χ1) is 15.5. The molecule has 2 N–H and O–H groups in total. The number of aryl methyl sites for hydroxylation is 1. The van der Waals surface area contributed by atoms with Gasteiger partial charge in [0, 0.05) is 10.0 Å². The number of nitrogens with one attached hydrogen (secondary N) is 2. The molecule has 0 saturated heterocycles. The second-order valence-corrected chi connectivity index (χ2v) is 8.56. The van der Waals surface area contributed by atoms with E-state index in [-0.39, 0.29) is 0 Å². The van der Waals surface area contributed by atoms with Crippen molar-refractivity contribution in [1.82, 2.24) is 14.9 Å². The summed E-state index contributed by atoms with van der Waals surface area (Å²) in [5.74, 6) is 2.16. The average Bonchev–Trinajstić information content (AvgIpc) is 3.17. The number of aromatic nitrogens is 3. The number of rotatable bonds is 8. The minimum Gasteiger partial charge on any atom is -0.496 e. The summed E-state index contributed by atoms with van der Waals surface area (Å²) in [4.78, 5) is 0. The third-order valence-electron chi connectivity index (χ3n) is 4.95. The summed E-state index contributed by atoms with van der Waals surface area (Å²) in [6.45, 7) is 3.05. The molecule has 0 atom stereocenters. The maximum Gasteiger partial charge on any atom is 0.214 e. The lowest BCUT2D eigenvalue weighted by Gasteiger charge is -2.15. The second-order valence-electron chi connectivity index (χ2n) is 7.25.